The minimum absolute atomic E-state index is 0.0553. The van der Waals surface area contributed by atoms with Gasteiger partial charge in [0.05, 0.1) is 11.8 Å². The van der Waals surface area contributed by atoms with E-state index in [1.54, 1.807) is 0 Å². The molecule has 0 aromatic rings. The summed E-state index contributed by atoms with van der Waals surface area (Å²) in [6.45, 7) is 6.16. The Balaban J connectivity index is 2.02. The minimum Gasteiger partial charge on any atom is -0.481 e. The molecule has 0 bridgehead atoms. The van der Waals surface area contributed by atoms with E-state index < -0.39 is 11.9 Å². The molecule has 1 unspecified atom stereocenters. The molecule has 0 saturated heterocycles. The maximum atomic E-state index is 12.4. The number of carboxylic acid groups (broad SMARTS) is 1. The molecule has 2 N–H and O–H groups in total. The van der Waals surface area contributed by atoms with E-state index in [4.69, 9.17) is 0 Å². The lowest BCUT2D eigenvalue weighted by Crippen LogP contribution is -2.48. The molecule has 0 heterocycles. The maximum absolute atomic E-state index is 12.4. The second-order valence-electron chi connectivity index (χ2n) is 6.78. The number of aliphatic carboxylic acids is 1. The SMILES string of the molecule is CCC1C[C@H](C(=O)NC(C)(C)C2CC2)[C@H](C(=O)O)C1. The fourth-order valence-electron chi connectivity index (χ4n) is 3.36. The third-order valence-corrected chi connectivity index (χ3v) is 4.93. The Bertz CT molecular complexity index is 374. The van der Waals surface area contributed by atoms with Gasteiger partial charge in [0.2, 0.25) is 5.91 Å². The summed E-state index contributed by atoms with van der Waals surface area (Å²) < 4.78 is 0. The molecule has 2 aliphatic carbocycles. The van der Waals surface area contributed by atoms with E-state index >= 15 is 0 Å². The Morgan fingerprint density at radius 1 is 1.21 bits per heavy atom. The lowest BCUT2D eigenvalue weighted by atomic mass is 9.92. The molecule has 19 heavy (non-hydrogen) atoms. The Morgan fingerprint density at radius 2 is 1.79 bits per heavy atom. The van der Waals surface area contributed by atoms with Crippen molar-refractivity contribution in [1.29, 1.82) is 0 Å². The minimum atomic E-state index is -0.819. The molecule has 0 spiro atoms. The average Bonchev–Trinajstić information content (AvgIpc) is 3.08. The Labute approximate surface area is 115 Å². The monoisotopic (exact) mass is 267 g/mol. The van der Waals surface area contributed by atoms with Crippen LogP contribution in [0, 0.1) is 23.7 Å². The van der Waals surface area contributed by atoms with Gasteiger partial charge in [0.15, 0.2) is 0 Å². The van der Waals surface area contributed by atoms with Crippen molar-refractivity contribution in [3.63, 3.8) is 0 Å². The third kappa shape index (κ3) is 3.10. The molecule has 0 radical (unpaired) electrons. The Hall–Kier alpha value is -1.06. The highest BCUT2D eigenvalue weighted by Crippen LogP contribution is 2.41. The highest BCUT2D eigenvalue weighted by molar-refractivity contribution is 5.85. The van der Waals surface area contributed by atoms with Gasteiger partial charge in [0.25, 0.3) is 0 Å². The fraction of sp³-hybridized carbons (Fsp3) is 0.867. The quantitative estimate of drug-likeness (QED) is 0.804. The van der Waals surface area contributed by atoms with Crippen LogP contribution in [-0.4, -0.2) is 22.5 Å². The summed E-state index contributed by atoms with van der Waals surface area (Å²) >= 11 is 0. The molecule has 2 rings (SSSR count). The highest BCUT2D eigenvalue weighted by Gasteiger charge is 2.45. The van der Waals surface area contributed by atoms with Crippen LogP contribution in [0.4, 0.5) is 0 Å². The lowest BCUT2D eigenvalue weighted by molar-refractivity contribution is -0.146. The third-order valence-electron chi connectivity index (χ3n) is 4.93. The number of rotatable bonds is 5. The van der Waals surface area contributed by atoms with E-state index in [0.717, 1.165) is 25.7 Å². The van der Waals surface area contributed by atoms with E-state index in [-0.39, 0.29) is 17.4 Å². The second kappa shape index (κ2) is 5.14. The molecule has 0 aromatic heterocycles. The molecular weight excluding hydrogens is 242 g/mol. The molecule has 1 amide bonds. The second-order valence-corrected chi connectivity index (χ2v) is 6.78. The van der Waals surface area contributed by atoms with Crippen molar-refractivity contribution in [2.24, 2.45) is 23.7 Å². The summed E-state index contributed by atoms with van der Waals surface area (Å²) in [5, 5.41) is 12.4. The van der Waals surface area contributed by atoms with Crippen molar-refractivity contribution in [1.82, 2.24) is 5.32 Å². The average molecular weight is 267 g/mol. The van der Waals surface area contributed by atoms with Gasteiger partial charge >= 0.3 is 5.97 Å². The summed E-state index contributed by atoms with van der Waals surface area (Å²) in [4.78, 5) is 23.7. The predicted octanol–water partition coefficient (Wildman–Crippen LogP) is 2.43. The zero-order valence-corrected chi connectivity index (χ0v) is 12.1. The molecule has 2 fully saturated rings. The molecule has 4 nitrogen and oxygen atoms in total. The topological polar surface area (TPSA) is 66.4 Å². The van der Waals surface area contributed by atoms with Crippen LogP contribution >= 0.6 is 0 Å². The zero-order valence-electron chi connectivity index (χ0n) is 12.1. The standard InChI is InChI=1S/C15H25NO3/c1-4-9-7-11(12(8-9)14(18)19)13(17)16-15(2,3)10-5-6-10/h9-12H,4-8H2,1-3H3,(H,16,17)(H,18,19)/t9?,11-,12+/m0/s1. The van der Waals surface area contributed by atoms with E-state index in [0.29, 0.717) is 18.3 Å². The lowest BCUT2D eigenvalue weighted by Gasteiger charge is -2.28. The van der Waals surface area contributed by atoms with Crippen LogP contribution < -0.4 is 5.32 Å². The van der Waals surface area contributed by atoms with Crippen molar-refractivity contribution >= 4 is 11.9 Å². The number of carbonyl (C=O) groups is 2. The van der Waals surface area contributed by atoms with E-state index in [1.165, 1.54) is 0 Å². The first-order valence-electron chi connectivity index (χ1n) is 7.40. The molecule has 3 atom stereocenters. The number of hydrogen-bond acceptors (Lipinski definition) is 2. The van der Waals surface area contributed by atoms with Crippen LogP contribution in [0.3, 0.4) is 0 Å². The molecule has 0 aliphatic heterocycles. The predicted molar refractivity (Wildman–Crippen MR) is 72.6 cm³/mol. The van der Waals surface area contributed by atoms with Crippen molar-refractivity contribution in [2.45, 2.75) is 58.4 Å². The van der Waals surface area contributed by atoms with Gasteiger partial charge in [-0.2, -0.15) is 0 Å². The zero-order chi connectivity index (χ0) is 14.2. The molecule has 0 aromatic carbocycles. The smallest absolute Gasteiger partial charge is 0.307 e. The van der Waals surface area contributed by atoms with Crippen LogP contribution in [-0.2, 0) is 9.59 Å². The van der Waals surface area contributed by atoms with Crippen LogP contribution in [0.15, 0.2) is 0 Å². The van der Waals surface area contributed by atoms with Gasteiger partial charge in [-0.05, 0) is 51.4 Å². The summed E-state index contributed by atoms with van der Waals surface area (Å²) in [6, 6.07) is 0. The van der Waals surface area contributed by atoms with Gasteiger partial charge in [0.1, 0.15) is 0 Å². The first-order valence-corrected chi connectivity index (χ1v) is 7.40. The van der Waals surface area contributed by atoms with Crippen LogP contribution in [0.25, 0.3) is 0 Å². The van der Waals surface area contributed by atoms with Crippen molar-refractivity contribution < 1.29 is 14.7 Å². The van der Waals surface area contributed by atoms with Crippen LogP contribution in [0.5, 0.6) is 0 Å². The number of amides is 1. The number of hydrogen-bond donors (Lipinski definition) is 2. The van der Waals surface area contributed by atoms with Crippen LogP contribution in [0.1, 0.15) is 52.9 Å². The summed E-state index contributed by atoms with van der Waals surface area (Å²) in [5.41, 5.74) is -0.190. The first-order chi connectivity index (χ1) is 8.85. The normalized spacial score (nSPS) is 31.2. The van der Waals surface area contributed by atoms with Crippen molar-refractivity contribution in [3.05, 3.63) is 0 Å². The molecule has 2 saturated carbocycles. The molecule has 2 aliphatic rings. The molecular formula is C15H25NO3. The van der Waals surface area contributed by atoms with Gasteiger partial charge in [-0.1, -0.05) is 13.3 Å². The first kappa shape index (κ1) is 14.4. The van der Waals surface area contributed by atoms with E-state index in [1.807, 2.05) is 13.8 Å². The van der Waals surface area contributed by atoms with Crippen molar-refractivity contribution in [3.8, 4) is 0 Å². The number of carboxylic acids is 1. The van der Waals surface area contributed by atoms with Gasteiger partial charge in [0, 0.05) is 5.54 Å². The summed E-state index contributed by atoms with van der Waals surface area (Å²) in [7, 11) is 0. The molecule has 108 valence electrons. The number of carbonyl (C=O) groups excluding carboxylic acids is 1. The summed E-state index contributed by atoms with van der Waals surface area (Å²) in [6.07, 6.45) is 4.66. The highest BCUT2D eigenvalue weighted by atomic mass is 16.4. The van der Waals surface area contributed by atoms with Gasteiger partial charge < -0.3 is 10.4 Å². The fourth-order valence-corrected chi connectivity index (χ4v) is 3.36. The molecule has 4 heteroatoms. The van der Waals surface area contributed by atoms with Gasteiger partial charge in [-0.15, -0.1) is 0 Å². The maximum Gasteiger partial charge on any atom is 0.307 e. The Morgan fingerprint density at radius 3 is 2.26 bits per heavy atom. The van der Waals surface area contributed by atoms with Crippen LogP contribution in [0.2, 0.25) is 0 Å². The van der Waals surface area contributed by atoms with Gasteiger partial charge in [-0.25, -0.2) is 0 Å². The van der Waals surface area contributed by atoms with Gasteiger partial charge in [-0.3, -0.25) is 9.59 Å². The summed E-state index contributed by atoms with van der Waals surface area (Å²) in [5.74, 6) is -0.787. The van der Waals surface area contributed by atoms with E-state index in [9.17, 15) is 14.7 Å². The van der Waals surface area contributed by atoms with E-state index in [2.05, 4.69) is 12.2 Å². The van der Waals surface area contributed by atoms with Crippen molar-refractivity contribution in [2.75, 3.05) is 0 Å². The Kier molecular flexibility index (Phi) is 3.88. The number of nitrogens with one attached hydrogen (secondary N) is 1. The largest absolute Gasteiger partial charge is 0.481 e.